The molecule has 0 aliphatic carbocycles. The highest BCUT2D eigenvalue weighted by Gasteiger charge is 2.40. The zero-order valence-corrected chi connectivity index (χ0v) is 18.5. The van der Waals surface area contributed by atoms with Gasteiger partial charge in [-0.25, -0.2) is 0 Å². The van der Waals surface area contributed by atoms with Gasteiger partial charge in [0.2, 0.25) is 11.8 Å². The molecule has 0 unspecified atom stereocenters. The molecular weight excluding hydrogens is 376 g/mol. The van der Waals surface area contributed by atoms with Gasteiger partial charge in [0, 0.05) is 51.7 Å². The molecule has 30 heavy (non-hydrogen) atoms. The Hall–Kier alpha value is -1.92. The summed E-state index contributed by atoms with van der Waals surface area (Å²) in [7, 11) is 4.07. The largest absolute Gasteiger partial charge is 0.342 e. The molecule has 1 aromatic rings. The van der Waals surface area contributed by atoms with Gasteiger partial charge in [-0.15, -0.1) is 0 Å². The number of carbonyl (C=O) groups is 2. The minimum atomic E-state index is -0.162. The number of amides is 2. The van der Waals surface area contributed by atoms with Crippen molar-refractivity contribution in [1.82, 2.24) is 19.6 Å². The first-order chi connectivity index (χ1) is 14.5. The first-order valence-electron chi connectivity index (χ1n) is 11.5. The summed E-state index contributed by atoms with van der Waals surface area (Å²) in [6.07, 6.45) is 4.46. The Kier molecular flexibility index (Phi) is 6.74. The van der Waals surface area contributed by atoms with E-state index in [9.17, 15) is 9.59 Å². The smallest absolute Gasteiger partial charge is 0.227 e. The average molecular weight is 413 g/mol. The van der Waals surface area contributed by atoms with Gasteiger partial charge in [-0.1, -0.05) is 30.3 Å². The van der Waals surface area contributed by atoms with Crippen LogP contribution < -0.4 is 0 Å². The number of likely N-dealkylation sites (tertiary alicyclic amines) is 3. The second kappa shape index (κ2) is 9.48. The lowest BCUT2D eigenvalue weighted by atomic mass is 10.0. The maximum atomic E-state index is 13.1. The summed E-state index contributed by atoms with van der Waals surface area (Å²) in [6, 6.07) is 11.2. The summed E-state index contributed by atoms with van der Waals surface area (Å²) in [5.74, 6) is 0.179. The van der Waals surface area contributed by atoms with Crippen LogP contribution in [0.4, 0.5) is 0 Å². The van der Waals surface area contributed by atoms with Crippen molar-refractivity contribution in [3.8, 4) is 0 Å². The minimum Gasteiger partial charge on any atom is -0.342 e. The van der Waals surface area contributed by atoms with Crippen molar-refractivity contribution in [2.45, 2.75) is 50.7 Å². The van der Waals surface area contributed by atoms with E-state index in [4.69, 9.17) is 0 Å². The zero-order chi connectivity index (χ0) is 21.1. The van der Waals surface area contributed by atoms with Gasteiger partial charge < -0.3 is 14.7 Å². The molecule has 0 bridgehead atoms. The molecular formula is C24H36N4O2. The molecule has 0 N–H and O–H groups in total. The van der Waals surface area contributed by atoms with Crippen LogP contribution in [0.2, 0.25) is 0 Å². The molecule has 2 amide bonds. The van der Waals surface area contributed by atoms with E-state index in [0.29, 0.717) is 19.0 Å². The number of carbonyl (C=O) groups excluding carboxylic acids is 2. The van der Waals surface area contributed by atoms with Crippen LogP contribution in [-0.2, 0) is 16.1 Å². The lowest BCUT2D eigenvalue weighted by Crippen LogP contribution is -2.48. The van der Waals surface area contributed by atoms with Crippen LogP contribution in [0.1, 0.15) is 37.7 Å². The summed E-state index contributed by atoms with van der Waals surface area (Å²) in [5.41, 5.74) is 1.34. The van der Waals surface area contributed by atoms with Gasteiger partial charge in [-0.2, -0.15) is 0 Å². The number of piperidine rings is 2. The molecule has 3 aliphatic rings. The Morgan fingerprint density at radius 1 is 1.03 bits per heavy atom. The third-order valence-corrected chi connectivity index (χ3v) is 7.34. The van der Waals surface area contributed by atoms with Crippen molar-refractivity contribution in [3.63, 3.8) is 0 Å². The van der Waals surface area contributed by atoms with Crippen molar-refractivity contribution >= 4 is 11.8 Å². The second-order valence-electron chi connectivity index (χ2n) is 9.42. The minimum absolute atomic E-state index is 0.162. The van der Waals surface area contributed by atoms with Crippen LogP contribution in [0.5, 0.6) is 0 Å². The summed E-state index contributed by atoms with van der Waals surface area (Å²) >= 11 is 0. The summed E-state index contributed by atoms with van der Waals surface area (Å²) < 4.78 is 0. The molecule has 0 radical (unpaired) electrons. The highest BCUT2D eigenvalue weighted by atomic mass is 16.2. The highest BCUT2D eigenvalue weighted by Crippen LogP contribution is 2.28. The van der Waals surface area contributed by atoms with E-state index in [0.717, 1.165) is 58.4 Å². The van der Waals surface area contributed by atoms with Crippen molar-refractivity contribution in [3.05, 3.63) is 35.9 Å². The van der Waals surface area contributed by atoms with Gasteiger partial charge in [-0.3, -0.25) is 14.5 Å². The lowest BCUT2D eigenvalue weighted by molar-refractivity contribution is -0.137. The van der Waals surface area contributed by atoms with Crippen LogP contribution in [0.3, 0.4) is 0 Å². The molecule has 4 rings (SSSR count). The van der Waals surface area contributed by atoms with Gasteiger partial charge in [0.05, 0.1) is 5.92 Å². The average Bonchev–Trinajstić information content (AvgIpc) is 3.16. The lowest BCUT2D eigenvalue weighted by Gasteiger charge is -2.37. The van der Waals surface area contributed by atoms with E-state index in [1.165, 1.54) is 5.56 Å². The number of benzene rings is 1. The molecule has 164 valence electrons. The second-order valence-corrected chi connectivity index (χ2v) is 9.42. The van der Waals surface area contributed by atoms with Crippen molar-refractivity contribution in [1.29, 1.82) is 0 Å². The molecule has 1 aromatic carbocycles. The fraction of sp³-hybridized carbons (Fsp3) is 0.667. The van der Waals surface area contributed by atoms with E-state index in [2.05, 4.69) is 47.2 Å². The Morgan fingerprint density at radius 2 is 1.70 bits per heavy atom. The molecule has 3 aliphatic heterocycles. The number of hydrogen-bond donors (Lipinski definition) is 0. The van der Waals surface area contributed by atoms with Crippen molar-refractivity contribution in [2.75, 3.05) is 46.8 Å². The molecule has 6 heteroatoms. The monoisotopic (exact) mass is 412 g/mol. The molecule has 3 fully saturated rings. The summed E-state index contributed by atoms with van der Waals surface area (Å²) in [6.45, 7) is 5.69. The maximum Gasteiger partial charge on any atom is 0.227 e. The van der Waals surface area contributed by atoms with Crippen LogP contribution in [0, 0.1) is 5.92 Å². The Morgan fingerprint density at radius 3 is 2.37 bits per heavy atom. The Balaban J connectivity index is 1.27. The normalized spacial score (nSPS) is 25.1. The van der Waals surface area contributed by atoms with E-state index in [1.807, 2.05) is 16.8 Å². The Bertz CT molecular complexity index is 724. The predicted octanol–water partition coefficient (Wildman–Crippen LogP) is 2.05. The van der Waals surface area contributed by atoms with E-state index < -0.39 is 0 Å². The first-order valence-corrected chi connectivity index (χ1v) is 11.5. The van der Waals surface area contributed by atoms with Crippen LogP contribution in [-0.4, -0.2) is 90.3 Å². The fourth-order valence-corrected chi connectivity index (χ4v) is 5.33. The van der Waals surface area contributed by atoms with Crippen molar-refractivity contribution in [2.24, 2.45) is 5.92 Å². The SMILES string of the molecule is CN1CCC(N(C)C(=O)[C@@H]2CC(=O)N(C3CCN(Cc4ccccc4)CC3)C2)CC1. The van der Waals surface area contributed by atoms with Gasteiger partial charge in [-0.05, 0) is 51.4 Å². The number of hydrogen-bond acceptors (Lipinski definition) is 4. The summed E-state index contributed by atoms with van der Waals surface area (Å²) in [4.78, 5) is 34.6. The number of rotatable bonds is 5. The van der Waals surface area contributed by atoms with Gasteiger partial charge in [0.15, 0.2) is 0 Å². The van der Waals surface area contributed by atoms with Crippen LogP contribution in [0.25, 0.3) is 0 Å². The van der Waals surface area contributed by atoms with Gasteiger partial charge in [0.1, 0.15) is 0 Å². The molecule has 1 atom stereocenters. The number of nitrogens with zero attached hydrogens (tertiary/aromatic N) is 4. The van der Waals surface area contributed by atoms with Crippen LogP contribution >= 0.6 is 0 Å². The Labute approximate surface area is 180 Å². The third kappa shape index (κ3) is 4.86. The standard InChI is InChI=1S/C24H36N4O2/c1-25-12-8-21(9-13-25)26(2)24(30)20-16-23(29)28(18-20)22-10-14-27(15-11-22)17-19-6-4-3-5-7-19/h3-7,20-22H,8-18H2,1-2H3/t20-/m1/s1. The molecule has 0 saturated carbocycles. The summed E-state index contributed by atoms with van der Waals surface area (Å²) in [5, 5.41) is 0. The van der Waals surface area contributed by atoms with Crippen molar-refractivity contribution < 1.29 is 9.59 Å². The van der Waals surface area contributed by atoms with E-state index in [-0.39, 0.29) is 23.8 Å². The van der Waals surface area contributed by atoms with Gasteiger partial charge >= 0.3 is 0 Å². The maximum absolute atomic E-state index is 13.1. The molecule has 6 nitrogen and oxygen atoms in total. The molecule has 0 spiro atoms. The topological polar surface area (TPSA) is 47.1 Å². The molecule has 3 heterocycles. The van der Waals surface area contributed by atoms with Crippen LogP contribution in [0.15, 0.2) is 30.3 Å². The highest BCUT2D eigenvalue weighted by molar-refractivity contribution is 5.89. The first kappa shape index (κ1) is 21.3. The van der Waals surface area contributed by atoms with E-state index in [1.54, 1.807) is 0 Å². The fourth-order valence-electron chi connectivity index (χ4n) is 5.33. The third-order valence-electron chi connectivity index (χ3n) is 7.34. The quantitative estimate of drug-likeness (QED) is 0.743. The molecule has 3 saturated heterocycles. The zero-order valence-electron chi connectivity index (χ0n) is 18.5. The van der Waals surface area contributed by atoms with E-state index >= 15 is 0 Å². The molecule has 0 aromatic heterocycles. The predicted molar refractivity (Wildman–Crippen MR) is 118 cm³/mol. The van der Waals surface area contributed by atoms with Gasteiger partial charge in [0.25, 0.3) is 0 Å².